The van der Waals surface area contributed by atoms with E-state index in [4.69, 9.17) is 0 Å². The molecular formula is C110H80N4. The van der Waals surface area contributed by atoms with Crippen LogP contribution in [0.3, 0.4) is 0 Å². The van der Waals surface area contributed by atoms with Crippen molar-refractivity contribution >= 4 is 154 Å². The molecule has 0 saturated carbocycles. The highest BCUT2D eigenvalue weighted by Crippen LogP contribution is 2.56. The lowest BCUT2D eigenvalue weighted by atomic mass is 9.82. The van der Waals surface area contributed by atoms with E-state index in [1.807, 2.05) is 0 Å². The first kappa shape index (κ1) is 67.8. The molecule has 0 heterocycles. The van der Waals surface area contributed by atoms with Gasteiger partial charge in [0.05, 0.1) is 22.7 Å². The molecular weight excluding hydrogens is 1380 g/mol. The largest absolute Gasteiger partial charge is 0.310 e. The molecule has 0 saturated heterocycles. The van der Waals surface area contributed by atoms with Crippen molar-refractivity contribution in [3.05, 3.63) is 435 Å². The number of fused-ring (bicyclic) bond motifs is 14. The highest BCUT2D eigenvalue weighted by atomic mass is 15.2. The van der Waals surface area contributed by atoms with Gasteiger partial charge < -0.3 is 19.6 Å². The Morgan fingerprint density at radius 1 is 0.149 bits per heavy atom. The van der Waals surface area contributed by atoms with Crippen LogP contribution in [-0.4, -0.2) is 0 Å². The lowest BCUT2D eigenvalue weighted by molar-refractivity contribution is 0.660. The number of hydrogen-bond acceptors (Lipinski definition) is 4. The molecule has 0 bridgehead atoms. The SMILES string of the molecule is CC1(C)c2cc(N(c3ccc4ccccc4c3)c3ccc4ccccc4c3)ccc2-c2ccc(N(c3ccc4ccccc4c3)c3ccc4ccccc4c3)cc21.CC1(C)c2cc(N(c3cccc4ccccc34)c3cccc4ccccc34)ccc2-c2ccc(N(c3cccc4ccccc34)c3cccc4ccccc34)cc21. The van der Waals surface area contributed by atoms with E-state index >= 15 is 0 Å². The van der Waals surface area contributed by atoms with Gasteiger partial charge in [0, 0.05) is 77.9 Å². The van der Waals surface area contributed by atoms with Gasteiger partial charge >= 0.3 is 0 Å². The first-order valence-electron chi connectivity index (χ1n) is 39.7. The molecule has 0 atom stereocenters. The minimum absolute atomic E-state index is 0.242. The van der Waals surface area contributed by atoms with E-state index in [9.17, 15) is 0 Å². The first-order valence-corrected chi connectivity index (χ1v) is 39.7. The van der Waals surface area contributed by atoms with Gasteiger partial charge in [0.1, 0.15) is 0 Å². The van der Waals surface area contributed by atoms with Crippen molar-refractivity contribution < 1.29 is 0 Å². The van der Waals surface area contributed by atoms with E-state index in [1.54, 1.807) is 0 Å². The van der Waals surface area contributed by atoms with E-state index in [1.165, 1.54) is 153 Å². The topological polar surface area (TPSA) is 13.0 Å². The van der Waals surface area contributed by atoms with Crippen molar-refractivity contribution in [1.29, 1.82) is 0 Å². The van der Waals surface area contributed by atoms with Gasteiger partial charge in [0.25, 0.3) is 0 Å². The third-order valence-electron chi connectivity index (χ3n) is 24.3. The molecule has 4 heteroatoms. The number of nitrogens with zero attached hydrogens (tertiary/aromatic N) is 4. The monoisotopic (exact) mass is 1460 g/mol. The Hall–Kier alpha value is -14.3. The van der Waals surface area contributed by atoms with Crippen molar-refractivity contribution in [2.24, 2.45) is 0 Å². The van der Waals surface area contributed by atoms with Crippen LogP contribution >= 0.6 is 0 Å². The van der Waals surface area contributed by atoms with Gasteiger partial charge in [0.2, 0.25) is 0 Å². The fourth-order valence-electron chi connectivity index (χ4n) is 18.6. The van der Waals surface area contributed by atoms with Crippen molar-refractivity contribution in [2.45, 2.75) is 38.5 Å². The van der Waals surface area contributed by atoms with Crippen LogP contribution in [0.4, 0.5) is 68.2 Å². The van der Waals surface area contributed by atoms with Crippen LogP contribution in [0.15, 0.2) is 413 Å². The van der Waals surface area contributed by atoms with Crippen LogP contribution in [0.5, 0.6) is 0 Å². The molecule has 2 aliphatic rings. The minimum atomic E-state index is -0.261. The Bertz CT molecular complexity index is 6480. The van der Waals surface area contributed by atoms with Gasteiger partial charge in [-0.05, 0) is 230 Å². The molecule has 540 valence electrons. The quantitative estimate of drug-likeness (QED) is 0.121. The molecule has 114 heavy (non-hydrogen) atoms. The summed E-state index contributed by atoms with van der Waals surface area (Å²) in [5, 5.41) is 19.7. The molecule has 0 amide bonds. The standard InChI is InChI=1S/2C55H40N2/c1-55(2)49-35-41(56(51-27-11-19-37-15-3-7-23-43(37)51)52-28-12-20-38-16-4-8-24-44(38)52)31-33-47(49)48-34-32-42(36-50(48)55)57(53-29-13-21-39-17-5-9-25-45(39)53)54-30-14-22-40-18-6-10-26-46(40)54;1-55(2)53-35-49(56(45-23-19-37-11-3-7-15-41(37)31-45)46-24-20-38-12-4-8-16-42(38)32-46)27-29-51(53)52-30-28-50(36-54(52)55)57(47-25-21-39-13-5-9-17-43(39)33-47)48-26-22-40-14-6-10-18-44(40)34-48/h2*3-36H,1-2H3. The maximum absolute atomic E-state index is 2.47. The second-order valence-corrected chi connectivity index (χ2v) is 31.6. The van der Waals surface area contributed by atoms with Crippen molar-refractivity contribution in [1.82, 2.24) is 0 Å². The normalized spacial score (nSPS) is 12.9. The summed E-state index contributed by atoms with van der Waals surface area (Å²) in [6.45, 7) is 9.56. The summed E-state index contributed by atoms with van der Waals surface area (Å²) in [6, 6.07) is 152. The third-order valence-corrected chi connectivity index (χ3v) is 24.3. The predicted molar refractivity (Wildman–Crippen MR) is 487 cm³/mol. The second kappa shape index (κ2) is 27.3. The Morgan fingerprint density at radius 2 is 0.333 bits per heavy atom. The summed E-state index contributed by atoms with van der Waals surface area (Å²) < 4.78 is 0. The van der Waals surface area contributed by atoms with E-state index in [-0.39, 0.29) is 10.8 Å². The molecule has 0 aromatic heterocycles. The molecule has 0 aliphatic heterocycles. The second-order valence-electron chi connectivity index (χ2n) is 31.6. The van der Waals surface area contributed by atoms with Crippen molar-refractivity contribution in [3.63, 3.8) is 0 Å². The van der Waals surface area contributed by atoms with Gasteiger partial charge in [-0.2, -0.15) is 0 Å². The predicted octanol–water partition coefficient (Wildman–Crippen LogP) is 31.1. The molecule has 20 aromatic rings. The van der Waals surface area contributed by atoms with Gasteiger partial charge in [0.15, 0.2) is 0 Å². The molecule has 0 fully saturated rings. The van der Waals surface area contributed by atoms with Crippen LogP contribution in [0.25, 0.3) is 108 Å². The lowest BCUT2D eigenvalue weighted by Crippen LogP contribution is -2.18. The summed E-state index contributed by atoms with van der Waals surface area (Å²) in [7, 11) is 0. The van der Waals surface area contributed by atoms with Gasteiger partial charge in [-0.25, -0.2) is 0 Å². The summed E-state index contributed by atoms with van der Waals surface area (Å²) in [5.41, 5.74) is 23.8. The van der Waals surface area contributed by atoms with E-state index in [0.29, 0.717) is 0 Å². The highest BCUT2D eigenvalue weighted by molar-refractivity contribution is 6.08. The lowest BCUT2D eigenvalue weighted by Gasteiger charge is -2.31. The fraction of sp³-hybridized carbons (Fsp3) is 0.0545. The zero-order valence-corrected chi connectivity index (χ0v) is 64.0. The smallest absolute Gasteiger partial charge is 0.0540 e. The van der Waals surface area contributed by atoms with Gasteiger partial charge in [-0.15, -0.1) is 0 Å². The van der Waals surface area contributed by atoms with E-state index in [0.717, 1.165) is 45.5 Å². The Labute approximate surface area is 665 Å². The fourth-order valence-corrected chi connectivity index (χ4v) is 18.6. The van der Waals surface area contributed by atoms with Gasteiger partial charge in [-0.1, -0.05) is 319 Å². The first-order chi connectivity index (χ1) is 56.0. The molecule has 2 aliphatic carbocycles. The Balaban J connectivity index is 0.000000143. The molecule has 0 spiro atoms. The summed E-state index contributed by atoms with van der Waals surface area (Å²) >= 11 is 0. The van der Waals surface area contributed by atoms with Crippen molar-refractivity contribution in [2.75, 3.05) is 19.6 Å². The maximum Gasteiger partial charge on any atom is 0.0540 e. The van der Waals surface area contributed by atoms with E-state index in [2.05, 4.69) is 460 Å². The number of rotatable bonds is 12. The van der Waals surface area contributed by atoms with Crippen LogP contribution in [0.2, 0.25) is 0 Å². The molecule has 4 nitrogen and oxygen atoms in total. The Morgan fingerprint density at radius 3 is 0.579 bits per heavy atom. The number of anilines is 12. The van der Waals surface area contributed by atoms with Crippen LogP contribution < -0.4 is 19.6 Å². The molecule has 20 aromatic carbocycles. The third kappa shape index (κ3) is 11.5. The average molecular weight is 1460 g/mol. The maximum atomic E-state index is 2.47. The zero-order valence-electron chi connectivity index (χ0n) is 64.0. The molecule has 0 radical (unpaired) electrons. The molecule has 0 unspecified atom stereocenters. The van der Waals surface area contributed by atoms with E-state index < -0.39 is 0 Å². The van der Waals surface area contributed by atoms with Crippen LogP contribution in [0.1, 0.15) is 49.9 Å². The molecule has 22 rings (SSSR count). The molecule has 0 N–H and O–H groups in total. The van der Waals surface area contributed by atoms with Crippen molar-refractivity contribution in [3.8, 4) is 22.3 Å². The highest BCUT2D eigenvalue weighted by Gasteiger charge is 2.39. The summed E-state index contributed by atoms with van der Waals surface area (Å²) in [5.74, 6) is 0. The van der Waals surface area contributed by atoms with Crippen LogP contribution in [0, 0.1) is 0 Å². The Kier molecular flexibility index (Phi) is 16.2. The number of hydrogen-bond donors (Lipinski definition) is 0. The van der Waals surface area contributed by atoms with Crippen LogP contribution in [-0.2, 0) is 10.8 Å². The summed E-state index contributed by atoms with van der Waals surface area (Å²) in [4.78, 5) is 9.78. The minimum Gasteiger partial charge on any atom is -0.310 e. The average Bonchev–Trinajstić information content (AvgIpc) is 1.55. The number of benzene rings is 20. The summed E-state index contributed by atoms with van der Waals surface area (Å²) in [6.07, 6.45) is 0. The zero-order chi connectivity index (χ0) is 76.2. The van der Waals surface area contributed by atoms with Gasteiger partial charge in [-0.3, -0.25) is 0 Å².